The van der Waals surface area contributed by atoms with Crippen LogP contribution in [0.4, 0.5) is 0 Å². The highest BCUT2D eigenvalue weighted by atomic mass is 35.5. The molecule has 1 aromatic heterocycles. The summed E-state index contributed by atoms with van der Waals surface area (Å²) in [6.07, 6.45) is 0.835. The molecule has 0 saturated carbocycles. The Bertz CT molecular complexity index is 945. The van der Waals surface area contributed by atoms with Gasteiger partial charge < -0.3 is 10.2 Å². The van der Waals surface area contributed by atoms with Crippen molar-refractivity contribution in [3.8, 4) is 0 Å². The highest BCUT2D eigenvalue weighted by Gasteiger charge is 2.24. The summed E-state index contributed by atoms with van der Waals surface area (Å²) in [5, 5.41) is 2.82. The van der Waals surface area contributed by atoms with Crippen LogP contribution in [0.15, 0.2) is 46.7 Å². The molecule has 2 heterocycles. The number of benzene rings is 1. The largest absolute Gasteiger partial charge is 0.355 e. The summed E-state index contributed by atoms with van der Waals surface area (Å²) >= 11 is 6.80. The molecule has 2 aromatic rings. The molecule has 1 aromatic carbocycles. The topological polar surface area (TPSA) is 73.0 Å². The summed E-state index contributed by atoms with van der Waals surface area (Å²) in [5.74, 6) is -0.304. The van der Waals surface area contributed by atoms with E-state index in [0.29, 0.717) is 10.9 Å². The van der Waals surface area contributed by atoms with Gasteiger partial charge in [0.25, 0.3) is 10.0 Å². The van der Waals surface area contributed by atoms with Crippen LogP contribution >= 0.6 is 22.9 Å². The molecule has 0 bridgehead atoms. The number of hydrogen-bond donors (Lipinski definition) is 1. The Hall–Kier alpha value is -1.49. The molecule has 1 N–H and O–H groups in total. The highest BCUT2D eigenvalue weighted by molar-refractivity contribution is 7.91. The van der Waals surface area contributed by atoms with Crippen LogP contribution in [0.25, 0.3) is 0 Å². The molecule has 0 unspecified atom stereocenters. The van der Waals surface area contributed by atoms with Crippen LogP contribution in [0, 0.1) is 0 Å². The van der Waals surface area contributed by atoms with E-state index in [1.165, 1.54) is 24.7 Å². The van der Waals surface area contributed by atoms with E-state index < -0.39 is 10.0 Å². The van der Waals surface area contributed by atoms with Crippen LogP contribution in [-0.2, 0) is 21.4 Å². The third-order valence-corrected chi connectivity index (χ3v) is 8.77. The van der Waals surface area contributed by atoms with Crippen LogP contribution in [-0.4, -0.2) is 81.3 Å². The molecule has 31 heavy (non-hydrogen) atoms. The summed E-state index contributed by atoms with van der Waals surface area (Å²) in [6, 6.07) is 13.5. The Morgan fingerprint density at radius 2 is 1.77 bits per heavy atom. The Kier molecular flexibility index (Phi) is 8.88. The molecule has 0 spiro atoms. The summed E-state index contributed by atoms with van der Waals surface area (Å²) in [5.41, 5.74) is 1.34. The molecular formula is C21H29ClN4O3S2. The first-order chi connectivity index (χ1) is 14.8. The number of halogens is 1. The Morgan fingerprint density at radius 1 is 1.10 bits per heavy atom. The Labute approximate surface area is 193 Å². The maximum absolute atomic E-state index is 12.4. The summed E-state index contributed by atoms with van der Waals surface area (Å²) in [6.45, 7) is 6.33. The van der Waals surface area contributed by atoms with Crippen LogP contribution in [0.5, 0.6) is 0 Å². The fourth-order valence-corrected chi connectivity index (χ4v) is 6.30. The third kappa shape index (κ3) is 7.27. The molecule has 1 fully saturated rings. The van der Waals surface area contributed by atoms with Crippen molar-refractivity contribution in [2.45, 2.75) is 17.2 Å². The van der Waals surface area contributed by atoms with Gasteiger partial charge in [-0.25, -0.2) is 8.42 Å². The van der Waals surface area contributed by atoms with E-state index in [2.05, 4.69) is 39.4 Å². The number of amides is 1. The van der Waals surface area contributed by atoms with Crippen molar-refractivity contribution < 1.29 is 13.2 Å². The van der Waals surface area contributed by atoms with E-state index >= 15 is 0 Å². The molecular weight excluding hydrogens is 456 g/mol. The van der Waals surface area contributed by atoms with E-state index in [1.807, 2.05) is 6.07 Å². The van der Waals surface area contributed by atoms with E-state index in [1.54, 1.807) is 0 Å². The van der Waals surface area contributed by atoms with Crippen molar-refractivity contribution in [1.29, 1.82) is 0 Å². The van der Waals surface area contributed by atoms with Crippen LogP contribution in [0.2, 0.25) is 4.34 Å². The zero-order valence-electron chi connectivity index (χ0n) is 17.7. The quantitative estimate of drug-likeness (QED) is 0.524. The van der Waals surface area contributed by atoms with Crippen LogP contribution in [0.1, 0.15) is 12.0 Å². The predicted octanol–water partition coefficient (Wildman–Crippen LogP) is 2.35. The molecule has 3 rings (SSSR count). The Balaban J connectivity index is 1.31. The minimum atomic E-state index is -3.70. The van der Waals surface area contributed by atoms with Gasteiger partial charge in [-0.2, -0.15) is 4.31 Å². The van der Waals surface area contributed by atoms with Gasteiger partial charge in [0, 0.05) is 46.3 Å². The van der Waals surface area contributed by atoms with Crippen molar-refractivity contribution in [2.24, 2.45) is 0 Å². The SMILES string of the molecule is CN(CC(=O)NCCCN1CCN(Cc2ccccc2)CC1)S(=O)(=O)c1ccc(Cl)s1. The zero-order valence-corrected chi connectivity index (χ0v) is 20.1. The molecule has 1 aliphatic rings. The maximum atomic E-state index is 12.4. The molecule has 10 heteroatoms. The average molecular weight is 485 g/mol. The van der Waals surface area contributed by atoms with E-state index in [-0.39, 0.29) is 16.7 Å². The van der Waals surface area contributed by atoms with Gasteiger partial charge in [0.1, 0.15) is 4.21 Å². The number of likely N-dealkylation sites (N-methyl/N-ethyl adjacent to an activating group) is 1. The molecule has 7 nitrogen and oxygen atoms in total. The lowest BCUT2D eigenvalue weighted by molar-refractivity contribution is -0.121. The van der Waals surface area contributed by atoms with Crippen molar-refractivity contribution in [3.05, 3.63) is 52.4 Å². The number of nitrogens with zero attached hydrogens (tertiary/aromatic N) is 3. The van der Waals surface area contributed by atoms with E-state index in [4.69, 9.17) is 11.6 Å². The average Bonchev–Trinajstić information content (AvgIpc) is 3.20. The minimum Gasteiger partial charge on any atom is -0.355 e. The van der Waals surface area contributed by atoms with Gasteiger partial charge in [-0.05, 0) is 30.7 Å². The van der Waals surface area contributed by atoms with Gasteiger partial charge >= 0.3 is 0 Å². The molecule has 0 aliphatic carbocycles. The summed E-state index contributed by atoms with van der Waals surface area (Å²) in [7, 11) is -2.29. The summed E-state index contributed by atoms with van der Waals surface area (Å²) in [4.78, 5) is 17.0. The van der Waals surface area contributed by atoms with Crippen molar-refractivity contribution in [3.63, 3.8) is 0 Å². The fourth-order valence-electron chi connectivity index (χ4n) is 3.48. The minimum absolute atomic E-state index is 0.138. The Morgan fingerprint density at radius 3 is 2.42 bits per heavy atom. The number of carbonyl (C=O) groups is 1. The first-order valence-electron chi connectivity index (χ1n) is 10.3. The molecule has 170 valence electrons. The number of carbonyl (C=O) groups excluding carboxylic acids is 1. The van der Waals surface area contributed by atoms with Gasteiger partial charge in [-0.1, -0.05) is 41.9 Å². The lowest BCUT2D eigenvalue weighted by Crippen LogP contribution is -2.46. The standard InChI is InChI=1S/C21H29ClN4O3S2/c1-24(31(28,29)21-9-8-19(22)30-21)17-20(27)23-10-5-11-25-12-14-26(15-13-25)16-18-6-3-2-4-7-18/h2-4,6-9H,5,10-17H2,1H3,(H,23,27). The molecule has 0 radical (unpaired) electrons. The first kappa shape index (κ1) is 24.2. The molecule has 0 atom stereocenters. The van der Waals surface area contributed by atoms with E-state index in [0.717, 1.165) is 61.3 Å². The highest BCUT2D eigenvalue weighted by Crippen LogP contribution is 2.27. The number of rotatable bonds is 10. The summed E-state index contributed by atoms with van der Waals surface area (Å²) < 4.78 is 26.5. The second-order valence-corrected chi connectivity index (χ2v) is 11.6. The maximum Gasteiger partial charge on any atom is 0.252 e. The second-order valence-electron chi connectivity index (χ2n) is 7.63. The monoisotopic (exact) mass is 484 g/mol. The van der Waals surface area contributed by atoms with Gasteiger partial charge in [0.15, 0.2) is 0 Å². The van der Waals surface area contributed by atoms with Gasteiger partial charge in [-0.15, -0.1) is 11.3 Å². The fraction of sp³-hybridized carbons (Fsp3) is 0.476. The number of sulfonamides is 1. The zero-order chi connectivity index (χ0) is 22.3. The van der Waals surface area contributed by atoms with Crippen molar-refractivity contribution >= 4 is 38.9 Å². The van der Waals surface area contributed by atoms with Crippen LogP contribution < -0.4 is 5.32 Å². The second kappa shape index (κ2) is 11.4. The van der Waals surface area contributed by atoms with E-state index in [9.17, 15) is 13.2 Å². The first-order valence-corrected chi connectivity index (χ1v) is 12.9. The molecule has 1 saturated heterocycles. The van der Waals surface area contributed by atoms with Gasteiger partial charge in [0.2, 0.25) is 5.91 Å². The van der Waals surface area contributed by atoms with Gasteiger partial charge in [-0.3, -0.25) is 9.69 Å². The number of hydrogen-bond acceptors (Lipinski definition) is 6. The predicted molar refractivity (Wildman–Crippen MR) is 125 cm³/mol. The van der Waals surface area contributed by atoms with Crippen molar-refractivity contribution in [1.82, 2.24) is 19.4 Å². The van der Waals surface area contributed by atoms with Gasteiger partial charge in [0.05, 0.1) is 10.9 Å². The number of piperazine rings is 1. The molecule has 1 amide bonds. The molecule has 1 aliphatic heterocycles. The smallest absolute Gasteiger partial charge is 0.252 e. The number of nitrogens with one attached hydrogen (secondary N) is 1. The number of thiophene rings is 1. The lowest BCUT2D eigenvalue weighted by Gasteiger charge is -2.34. The third-order valence-electron chi connectivity index (χ3n) is 5.27. The van der Waals surface area contributed by atoms with Crippen LogP contribution in [0.3, 0.4) is 0 Å². The van der Waals surface area contributed by atoms with Crippen molar-refractivity contribution in [2.75, 3.05) is 52.9 Å². The lowest BCUT2D eigenvalue weighted by atomic mass is 10.2. The normalized spacial score (nSPS) is 16.0.